The lowest BCUT2D eigenvalue weighted by molar-refractivity contribution is 0.104. The third kappa shape index (κ3) is 7.49. The van der Waals surface area contributed by atoms with Crippen LogP contribution in [0.2, 0.25) is 0 Å². The highest BCUT2D eigenvalue weighted by Crippen LogP contribution is 2.36. The molecule has 0 atom stereocenters. The molecule has 0 aliphatic carbocycles. The molecule has 2 rings (SSSR count). The largest absolute Gasteiger partial charge is 0.490 e. The highest BCUT2D eigenvalue weighted by molar-refractivity contribution is 6.06. The number of rotatable bonds is 12. The molecule has 0 heterocycles. The van der Waals surface area contributed by atoms with Crippen molar-refractivity contribution in [3.63, 3.8) is 0 Å². The topological polar surface area (TPSA) is 44.8 Å². The van der Waals surface area contributed by atoms with Gasteiger partial charge in [0.15, 0.2) is 17.3 Å². The fraction of sp³-hybridized carbons (Fsp3) is 0.296. The van der Waals surface area contributed by atoms with Crippen LogP contribution in [-0.2, 0) is 6.42 Å². The molecule has 0 radical (unpaired) electrons. The van der Waals surface area contributed by atoms with Crippen molar-refractivity contribution in [2.45, 2.75) is 46.3 Å². The summed E-state index contributed by atoms with van der Waals surface area (Å²) in [4.78, 5) is 12.6. The van der Waals surface area contributed by atoms with Crippen molar-refractivity contribution in [3.8, 4) is 17.2 Å². The summed E-state index contributed by atoms with van der Waals surface area (Å²) in [7, 11) is 0. The van der Waals surface area contributed by atoms with Gasteiger partial charge in [0.05, 0.1) is 12.2 Å². The number of ketones is 1. The summed E-state index contributed by atoms with van der Waals surface area (Å²) >= 11 is 0. The number of ether oxygens (including phenoxy) is 3. The third-order valence-electron chi connectivity index (χ3n) is 4.17. The zero-order chi connectivity index (χ0) is 22.8. The van der Waals surface area contributed by atoms with Crippen molar-refractivity contribution in [3.05, 3.63) is 84.5 Å². The summed E-state index contributed by atoms with van der Waals surface area (Å²) in [6.45, 7) is 15.8. The van der Waals surface area contributed by atoms with Gasteiger partial charge in [-0.2, -0.15) is 0 Å². The van der Waals surface area contributed by atoms with E-state index in [0.717, 1.165) is 16.9 Å². The highest BCUT2D eigenvalue weighted by atomic mass is 16.5. The van der Waals surface area contributed by atoms with E-state index >= 15 is 0 Å². The Hall–Kier alpha value is -3.27. The molecule has 0 fully saturated rings. The summed E-state index contributed by atoms with van der Waals surface area (Å²) in [6.07, 6.45) is 7.51. The van der Waals surface area contributed by atoms with E-state index in [2.05, 4.69) is 13.2 Å². The number of allylic oxidation sites excluding steroid dienone is 2. The molecule has 0 aliphatic heterocycles. The normalized spacial score (nSPS) is 11.0. The number of carbonyl (C=O) groups is 1. The molecule has 0 unspecified atom stereocenters. The number of hydrogen-bond acceptors (Lipinski definition) is 4. The summed E-state index contributed by atoms with van der Waals surface area (Å²) in [5.74, 6) is 2.00. The van der Waals surface area contributed by atoms with Crippen LogP contribution in [-0.4, -0.2) is 24.6 Å². The second kappa shape index (κ2) is 11.8. The van der Waals surface area contributed by atoms with Crippen LogP contribution < -0.4 is 14.2 Å². The van der Waals surface area contributed by atoms with Gasteiger partial charge < -0.3 is 14.2 Å². The van der Waals surface area contributed by atoms with Gasteiger partial charge >= 0.3 is 0 Å². The van der Waals surface area contributed by atoms with Gasteiger partial charge in [-0.05, 0) is 82.2 Å². The van der Waals surface area contributed by atoms with Crippen LogP contribution in [0.4, 0.5) is 0 Å². The van der Waals surface area contributed by atoms with Crippen LogP contribution in [0.15, 0.2) is 67.8 Å². The molecule has 0 saturated carbocycles. The second-order valence-electron chi connectivity index (χ2n) is 7.65. The van der Waals surface area contributed by atoms with Gasteiger partial charge in [0.1, 0.15) is 12.4 Å². The molecule has 0 spiro atoms. The van der Waals surface area contributed by atoms with Gasteiger partial charge in [0.25, 0.3) is 0 Å². The quantitative estimate of drug-likeness (QED) is 0.225. The summed E-state index contributed by atoms with van der Waals surface area (Å²) in [6, 6.07) is 11.0. The zero-order valence-corrected chi connectivity index (χ0v) is 18.9. The Morgan fingerprint density at radius 3 is 2.23 bits per heavy atom. The predicted octanol–water partition coefficient (Wildman–Crippen LogP) is 6.45. The molecule has 164 valence electrons. The van der Waals surface area contributed by atoms with Gasteiger partial charge in [-0.15, -0.1) is 6.58 Å². The van der Waals surface area contributed by atoms with E-state index < -0.39 is 0 Å². The molecule has 0 saturated heterocycles. The Labute approximate surface area is 185 Å². The highest BCUT2D eigenvalue weighted by Gasteiger charge is 2.15. The van der Waals surface area contributed by atoms with Crippen molar-refractivity contribution in [1.82, 2.24) is 0 Å². The van der Waals surface area contributed by atoms with Crippen molar-refractivity contribution in [1.29, 1.82) is 0 Å². The Kier molecular flexibility index (Phi) is 9.13. The Bertz CT molecular complexity index is 921. The standard InChI is InChI=1S/C27H32O4/c1-7-9-23-17-21(18-26(30-19(3)4)27(23)31-20(5)6)10-15-25(28)22-11-13-24(14-12-22)29-16-8-2/h7-8,10-15,17-20H,1-2,9,16H2,3-6H3. The van der Waals surface area contributed by atoms with E-state index in [1.165, 1.54) is 0 Å². The lowest BCUT2D eigenvalue weighted by Crippen LogP contribution is -2.12. The monoisotopic (exact) mass is 420 g/mol. The number of carbonyl (C=O) groups excluding carboxylic acids is 1. The Morgan fingerprint density at radius 2 is 1.65 bits per heavy atom. The fourth-order valence-electron chi connectivity index (χ4n) is 2.94. The molecular weight excluding hydrogens is 388 g/mol. The molecule has 2 aromatic carbocycles. The molecule has 0 amide bonds. The first-order valence-corrected chi connectivity index (χ1v) is 10.5. The number of hydrogen-bond donors (Lipinski definition) is 0. The van der Waals surface area contributed by atoms with Crippen molar-refractivity contribution < 1.29 is 19.0 Å². The van der Waals surface area contributed by atoms with Gasteiger partial charge in [0.2, 0.25) is 0 Å². The van der Waals surface area contributed by atoms with E-state index in [1.807, 2.05) is 45.9 Å². The van der Waals surface area contributed by atoms with Gasteiger partial charge in [-0.1, -0.05) is 24.8 Å². The Balaban J connectivity index is 2.30. The first kappa shape index (κ1) is 24.0. The second-order valence-corrected chi connectivity index (χ2v) is 7.65. The minimum Gasteiger partial charge on any atom is -0.490 e. The van der Waals surface area contributed by atoms with Crippen LogP contribution in [0.3, 0.4) is 0 Å². The van der Waals surface area contributed by atoms with Gasteiger partial charge in [0, 0.05) is 11.1 Å². The summed E-state index contributed by atoms with van der Waals surface area (Å²) in [5.41, 5.74) is 2.42. The minimum atomic E-state index is -0.0885. The van der Waals surface area contributed by atoms with Crippen LogP contribution in [0, 0.1) is 0 Å². The van der Waals surface area contributed by atoms with E-state index in [4.69, 9.17) is 14.2 Å². The molecular formula is C27H32O4. The van der Waals surface area contributed by atoms with Crippen LogP contribution in [0.1, 0.15) is 49.2 Å². The molecule has 0 aliphatic rings. The van der Waals surface area contributed by atoms with Crippen molar-refractivity contribution in [2.24, 2.45) is 0 Å². The first-order valence-electron chi connectivity index (χ1n) is 10.5. The average molecular weight is 421 g/mol. The molecule has 0 aromatic heterocycles. The molecule has 0 N–H and O–H groups in total. The van der Waals surface area contributed by atoms with Gasteiger partial charge in [-0.3, -0.25) is 4.79 Å². The third-order valence-corrected chi connectivity index (χ3v) is 4.17. The average Bonchev–Trinajstić information content (AvgIpc) is 2.72. The lowest BCUT2D eigenvalue weighted by atomic mass is 10.0. The van der Waals surface area contributed by atoms with E-state index in [1.54, 1.807) is 42.5 Å². The maximum atomic E-state index is 12.6. The summed E-state index contributed by atoms with van der Waals surface area (Å²) in [5, 5.41) is 0. The SMILES string of the molecule is C=CCOc1ccc(C(=O)C=Cc2cc(CC=C)c(OC(C)C)c(OC(C)C)c2)cc1. The fourth-order valence-corrected chi connectivity index (χ4v) is 2.94. The smallest absolute Gasteiger partial charge is 0.185 e. The molecule has 4 heteroatoms. The lowest BCUT2D eigenvalue weighted by Gasteiger charge is -2.20. The van der Waals surface area contributed by atoms with Crippen LogP contribution in [0.5, 0.6) is 17.2 Å². The molecule has 31 heavy (non-hydrogen) atoms. The Morgan fingerprint density at radius 1 is 0.968 bits per heavy atom. The van der Waals surface area contributed by atoms with Crippen LogP contribution >= 0.6 is 0 Å². The molecule has 2 aromatic rings. The maximum Gasteiger partial charge on any atom is 0.185 e. The molecule has 4 nitrogen and oxygen atoms in total. The number of benzene rings is 2. The maximum absolute atomic E-state index is 12.6. The first-order chi connectivity index (χ1) is 14.8. The zero-order valence-electron chi connectivity index (χ0n) is 18.9. The van der Waals surface area contributed by atoms with Crippen LogP contribution in [0.25, 0.3) is 6.08 Å². The van der Waals surface area contributed by atoms with E-state index in [9.17, 15) is 4.79 Å². The van der Waals surface area contributed by atoms with Crippen molar-refractivity contribution >= 4 is 11.9 Å². The van der Waals surface area contributed by atoms with Gasteiger partial charge in [-0.25, -0.2) is 0 Å². The summed E-state index contributed by atoms with van der Waals surface area (Å²) < 4.78 is 17.5. The van der Waals surface area contributed by atoms with E-state index in [-0.39, 0.29) is 18.0 Å². The molecule has 0 bridgehead atoms. The van der Waals surface area contributed by atoms with E-state index in [0.29, 0.717) is 30.1 Å². The van der Waals surface area contributed by atoms with Crippen molar-refractivity contribution in [2.75, 3.05) is 6.61 Å². The minimum absolute atomic E-state index is 0.00576. The predicted molar refractivity (Wildman–Crippen MR) is 127 cm³/mol.